The lowest BCUT2D eigenvalue weighted by molar-refractivity contribution is 0.322. The maximum atomic E-state index is 13.4. The van der Waals surface area contributed by atoms with E-state index in [1.165, 1.54) is 31.4 Å². The maximum absolute atomic E-state index is 13.4. The lowest BCUT2D eigenvalue weighted by Gasteiger charge is -2.22. The minimum atomic E-state index is -3.85. The normalized spacial score (nSPS) is 17.4. The Kier molecular flexibility index (Phi) is 3.75. The first kappa shape index (κ1) is 14.5. The second kappa shape index (κ2) is 5.42. The summed E-state index contributed by atoms with van der Waals surface area (Å²) in [4.78, 5) is 0.00723. The molecule has 0 aliphatic heterocycles. The van der Waals surface area contributed by atoms with Crippen LogP contribution in [0.1, 0.15) is 32.1 Å². The zero-order chi connectivity index (χ0) is 15.0. The maximum Gasteiger partial charge on any atom is 0.240 e. The lowest BCUT2D eigenvalue weighted by Crippen LogP contribution is -2.14. The third-order valence-electron chi connectivity index (χ3n) is 4.29. The van der Waals surface area contributed by atoms with Crippen LogP contribution in [0.5, 0.6) is 0 Å². The van der Waals surface area contributed by atoms with Gasteiger partial charge in [-0.15, -0.1) is 0 Å². The van der Waals surface area contributed by atoms with E-state index in [-0.39, 0.29) is 4.90 Å². The molecule has 1 heterocycles. The average molecular weight is 310 g/mol. The molecule has 114 valence electrons. The fraction of sp³-hybridized carbons (Fsp3) is 0.467. The molecule has 3 rings (SSSR count). The fourth-order valence-electron chi connectivity index (χ4n) is 3.26. The van der Waals surface area contributed by atoms with Gasteiger partial charge in [0, 0.05) is 23.6 Å². The zero-order valence-corrected chi connectivity index (χ0v) is 12.6. The van der Waals surface area contributed by atoms with E-state index in [0.717, 1.165) is 24.9 Å². The average Bonchev–Trinajstić information content (AvgIpc) is 2.78. The Labute approximate surface area is 123 Å². The Balaban J connectivity index is 2.06. The number of rotatable bonds is 3. The third kappa shape index (κ3) is 2.96. The van der Waals surface area contributed by atoms with Crippen LogP contribution in [0.25, 0.3) is 10.9 Å². The van der Waals surface area contributed by atoms with E-state index in [1.54, 1.807) is 12.3 Å². The Morgan fingerprint density at radius 1 is 1.24 bits per heavy atom. The van der Waals surface area contributed by atoms with Crippen LogP contribution >= 0.6 is 0 Å². The summed E-state index contributed by atoms with van der Waals surface area (Å²) in [6.07, 6.45) is 7.59. The van der Waals surface area contributed by atoms with Crippen LogP contribution in [-0.2, 0) is 16.6 Å². The molecule has 0 unspecified atom stereocenters. The topological polar surface area (TPSA) is 65.1 Å². The van der Waals surface area contributed by atoms with E-state index in [1.807, 2.05) is 4.57 Å². The summed E-state index contributed by atoms with van der Waals surface area (Å²) < 4.78 is 38.7. The van der Waals surface area contributed by atoms with Crippen LogP contribution in [0.15, 0.2) is 29.3 Å². The summed E-state index contributed by atoms with van der Waals surface area (Å²) in [5.41, 5.74) is 0.728. The Bertz CT molecular complexity index is 761. The highest BCUT2D eigenvalue weighted by molar-refractivity contribution is 7.89. The minimum Gasteiger partial charge on any atom is -0.346 e. The number of aromatic nitrogens is 1. The molecule has 1 aromatic carbocycles. The van der Waals surface area contributed by atoms with Crippen molar-refractivity contribution in [3.05, 3.63) is 30.2 Å². The molecule has 21 heavy (non-hydrogen) atoms. The van der Waals surface area contributed by atoms with Gasteiger partial charge in [0.25, 0.3) is 0 Å². The molecular weight excluding hydrogens is 291 g/mol. The van der Waals surface area contributed by atoms with E-state index < -0.39 is 15.8 Å². The van der Waals surface area contributed by atoms with Gasteiger partial charge < -0.3 is 4.57 Å². The lowest BCUT2D eigenvalue weighted by atomic mass is 9.89. The second-order valence-electron chi connectivity index (χ2n) is 5.86. The monoisotopic (exact) mass is 310 g/mol. The molecule has 2 aromatic rings. The van der Waals surface area contributed by atoms with Crippen LogP contribution in [0.2, 0.25) is 0 Å². The molecule has 6 heteroatoms. The van der Waals surface area contributed by atoms with Gasteiger partial charge in [0.05, 0.1) is 0 Å². The van der Waals surface area contributed by atoms with Crippen molar-refractivity contribution < 1.29 is 12.8 Å². The van der Waals surface area contributed by atoms with Crippen molar-refractivity contribution in [2.75, 3.05) is 0 Å². The number of benzene rings is 1. The van der Waals surface area contributed by atoms with Gasteiger partial charge in [-0.3, -0.25) is 0 Å². The number of primary sulfonamides is 1. The SMILES string of the molecule is NS(=O)(=O)c1cn(CC2CCCCC2)c2ccc(F)cc12. The number of hydrogen-bond acceptors (Lipinski definition) is 2. The standard InChI is InChI=1S/C15H19FN2O2S/c16-12-6-7-14-13(8-12)15(21(17,19)20)10-18(14)9-11-4-2-1-3-5-11/h6-8,10-11H,1-5,9H2,(H2,17,19,20). The summed E-state index contributed by atoms with van der Waals surface area (Å²) in [5, 5.41) is 5.62. The van der Waals surface area contributed by atoms with Gasteiger partial charge in [-0.05, 0) is 37.0 Å². The van der Waals surface area contributed by atoms with E-state index in [2.05, 4.69) is 0 Å². The number of fused-ring (bicyclic) bond motifs is 1. The van der Waals surface area contributed by atoms with E-state index in [0.29, 0.717) is 11.3 Å². The van der Waals surface area contributed by atoms with Crippen molar-refractivity contribution in [2.45, 2.75) is 43.5 Å². The van der Waals surface area contributed by atoms with Gasteiger partial charge in [0.1, 0.15) is 10.7 Å². The molecule has 1 saturated carbocycles. The van der Waals surface area contributed by atoms with Gasteiger partial charge in [-0.25, -0.2) is 17.9 Å². The minimum absolute atomic E-state index is 0.00723. The quantitative estimate of drug-likeness (QED) is 0.947. The van der Waals surface area contributed by atoms with Crippen LogP contribution in [0.4, 0.5) is 4.39 Å². The first-order valence-corrected chi connectivity index (χ1v) is 8.81. The van der Waals surface area contributed by atoms with Crippen molar-refractivity contribution in [3.8, 4) is 0 Å². The number of nitrogens with zero attached hydrogens (tertiary/aromatic N) is 1. The summed E-state index contributed by atoms with van der Waals surface area (Å²) in [6.45, 7) is 0.762. The second-order valence-corrected chi connectivity index (χ2v) is 7.39. The molecule has 1 aliphatic rings. The Morgan fingerprint density at radius 3 is 2.62 bits per heavy atom. The van der Waals surface area contributed by atoms with Crippen LogP contribution < -0.4 is 5.14 Å². The molecule has 0 spiro atoms. The molecule has 0 bridgehead atoms. The number of hydrogen-bond donors (Lipinski definition) is 1. The third-order valence-corrected chi connectivity index (χ3v) is 5.23. The molecule has 1 aromatic heterocycles. The number of halogens is 1. The van der Waals surface area contributed by atoms with Gasteiger partial charge >= 0.3 is 0 Å². The van der Waals surface area contributed by atoms with Crippen molar-refractivity contribution in [2.24, 2.45) is 11.1 Å². The van der Waals surface area contributed by atoms with E-state index >= 15 is 0 Å². The van der Waals surface area contributed by atoms with E-state index in [9.17, 15) is 12.8 Å². The molecular formula is C15H19FN2O2S. The van der Waals surface area contributed by atoms with Crippen molar-refractivity contribution in [1.29, 1.82) is 0 Å². The number of sulfonamides is 1. The smallest absolute Gasteiger partial charge is 0.240 e. The molecule has 4 nitrogen and oxygen atoms in total. The molecule has 1 aliphatic carbocycles. The van der Waals surface area contributed by atoms with Crippen molar-refractivity contribution in [1.82, 2.24) is 4.57 Å². The number of nitrogens with two attached hydrogens (primary N) is 1. The molecule has 2 N–H and O–H groups in total. The summed E-state index contributed by atoms with van der Waals surface area (Å²) in [5.74, 6) is 0.0931. The Hall–Kier alpha value is -1.40. The zero-order valence-electron chi connectivity index (χ0n) is 11.8. The van der Waals surface area contributed by atoms with E-state index in [4.69, 9.17) is 5.14 Å². The molecule has 1 fully saturated rings. The fourth-order valence-corrected chi connectivity index (χ4v) is 4.01. The van der Waals surface area contributed by atoms with Crippen LogP contribution in [0.3, 0.4) is 0 Å². The van der Waals surface area contributed by atoms with Gasteiger partial charge in [0.2, 0.25) is 10.0 Å². The molecule has 0 radical (unpaired) electrons. The van der Waals surface area contributed by atoms with Gasteiger partial charge in [-0.2, -0.15) is 0 Å². The largest absolute Gasteiger partial charge is 0.346 e. The highest BCUT2D eigenvalue weighted by Gasteiger charge is 2.20. The Morgan fingerprint density at radius 2 is 1.95 bits per heavy atom. The van der Waals surface area contributed by atoms with Crippen molar-refractivity contribution in [3.63, 3.8) is 0 Å². The van der Waals surface area contributed by atoms with Gasteiger partial charge in [-0.1, -0.05) is 19.3 Å². The predicted molar refractivity (Wildman–Crippen MR) is 79.8 cm³/mol. The van der Waals surface area contributed by atoms with Crippen molar-refractivity contribution >= 4 is 20.9 Å². The summed E-state index contributed by atoms with van der Waals surface area (Å²) in [6, 6.07) is 4.22. The van der Waals surface area contributed by atoms with Crippen LogP contribution in [0, 0.1) is 11.7 Å². The summed E-state index contributed by atoms with van der Waals surface area (Å²) >= 11 is 0. The predicted octanol–water partition coefficient (Wildman–Crippen LogP) is 3.01. The first-order chi connectivity index (χ1) is 9.95. The van der Waals surface area contributed by atoms with Gasteiger partial charge in [0.15, 0.2) is 0 Å². The summed E-state index contributed by atoms with van der Waals surface area (Å²) in [7, 11) is -3.85. The highest BCUT2D eigenvalue weighted by Crippen LogP contribution is 2.30. The molecule has 0 atom stereocenters. The first-order valence-electron chi connectivity index (χ1n) is 7.26. The molecule has 0 saturated heterocycles. The highest BCUT2D eigenvalue weighted by atomic mass is 32.2. The molecule has 0 amide bonds. The van der Waals surface area contributed by atoms with Crippen LogP contribution in [-0.4, -0.2) is 13.0 Å².